The van der Waals surface area contributed by atoms with E-state index >= 15 is 0 Å². The van der Waals surface area contributed by atoms with Crippen LogP contribution >= 0.6 is 11.8 Å². The van der Waals surface area contributed by atoms with E-state index in [4.69, 9.17) is 9.47 Å². The van der Waals surface area contributed by atoms with Crippen LogP contribution in [0.2, 0.25) is 0 Å². The maximum absolute atomic E-state index is 13.2. The first-order chi connectivity index (χ1) is 14.7. The van der Waals surface area contributed by atoms with Gasteiger partial charge in [0.05, 0.1) is 36.7 Å². The molecule has 0 amide bonds. The predicted molar refractivity (Wildman–Crippen MR) is 118 cm³/mol. The lowest BCUT2D eigenvalue weighted by atomic mass is 10.1. The molecule has 0 radical (unpaired) electrons. The Morgan fingerprint density at radius 2 is 1.63 bits per heavy atom. The summed E-state index contributed by atoms with van der Waals surface area (Å²) in [5, 5.41) is 4.50. The largest absolute Gasteiger partial charge is 0.496 e. The van der Waals surface area contributed by atoms with Gasteiger partial charge in [-0.2, -0.15) is 5.10 Å². The Morgan fingerprint density at radius 1 is 0.900 bits per heavy atom. The maximum Gasteiger partial charge on any atom is 0.136 e. The number of nitrogens with zero attached hydrogens (tertiary/aromatic N) is 2. The van der Waals surface area contributed by atoms with Gasteiger partial charge in [0, 0.05) is 17.4 Å². The number of para-hydroxylation sites is 1. The summed E-state index contributed by atoms with van der Waals surface area (Å²) in [5.74, 6) is 1.90. The Bertz CT molecular complexity index is 1130. The number of aromatic nitrogens is 2. The quantitative estimate of drug-likeness (QED) is 0.344. The fourth-order valence-electron chi connectivity index (χ4n) is 3.21. The second-order valence-electron chi connectivity index (χ2n) is 6.58. The molecule has 30 heavy (non-hydrogen) atoms. The van der Waals surface area contributed by atoms with Crippen molar-refractivity contribution in [3.63, 3.8) is 0 Å². The van der Waals surface area contributed by atoms with E-state index in [1.54, 1.807) is 44.3 Å². The van der Waals surface area contributed by atoms with Crippen molar-refractivity contribution in [3.05, 3.63) is 90.4 Å². The van der Waals surface area contributed by atoms with Crippen LogP contribution in [0.15, 0.2) is 83.9 Å². The third kappa shape index (κ3) is 4.19. The van der Waals surface area contributed by atoms with Gasteiger partial charge < -0.3 is 9.47 Å². The summed E-state index contributed by atoms with van der Waals surface area (Å²) in [7, 11) is 3.29. The first-order valence-corrected chi connectivity index (χ1v) is 10.4. The minimum absolute atomic E-state index is 0.234. The van der Waals surface area contributed by atoms with Gasteiger partial charge in [-0.3, -0.25) is 0 Å². The number of thioether (sulfide) groups is 1. The van der Waals surface area contributed by atoms with Gasteiger partial charge in [-0.1, -0.05) is 30.3 Å². The lowest BCUT2D eigenvalue weighted by Crippen LogP contribution is -2.00. The molecule has 0 unspecified atom stereocenters. The van der Waals surface area contributed by atoms with Gasteiger partial charge >= 0.3 is 0 Å². The normalized spacial score (nSPS) is 10.8. The molecule has 1 aromatic heterocycles. The summed E-state index contributed by atoms with van der Waals surface area (Å²) in [4.78, 5) is 0.971. The minimum atomic E-state index is -0.234. The molecule has 0 atom stereocenters. The second kappa shape index (κ2) is 9.05. The zero-order chi connectivity index (χ0) is 20.9. The van der Waals surface area contributed by atoms with Crippen molar-refractivity contribution in [1.29, 1.82) is 0 Å². The molecule has 0 aliphatic carbocycles. The highest BCUT2D eigenvalue weighted by molar-refractivity contribution is 7.98. The molecule has 0 fully saturated rings. The van der Waals surface area contributed by atoms with Crippen molar-refractivity contribution in [2.45, 2.75) is 10.6 Å². The lowest BCUT2D eigenvalue weighted by Gasteiger charge is -2.16. The Balaban J connectivity index is 1.73. The summed E-state index contributed by atoms with van der Waals surface area (Å²) < 4.78 is 26.3. The third-order valence-electron chi connectivity index (χ3n) is 4.71. The number of hydrogen-bond donors (Lipinski definition) is 0. The van der Waals surface area contributed by atoms with Crippen LogP contribution in [0.25, 0.3) is 16.9 Å². The summed E-state index contributed by atoms with van der Waals surface area (Å²) >= 11 is 1.63. The highest BCUT2D eigenvalue weighted by Crippen LogP contribution is 2.41. The van der Waals surface area contributed by atoms with Gasteiger partial charge in [-0.05, 0) is 42.0 Å². The van der Waals surface area contributed by atoms with E-state index < -0.39 is 0 Å². The van der Waals surface area contributed by atoms with Crippen molar-refractivity contribution in [2.24, 2.45) is 0 Å². The topological polar surface area (TPSA) is 36.3 Å². The van der Waals surface area contributed by atoms with Crippen molar-refractivity contribution >= 4 is 11.8 Å². The summed E-state index contributed by atoms with van der Waals surface area (Å²) in [6, 6.07) is 22.4. The molecule has 0 bridgehead atoms. The average molecular weight is 421 g/mol. The van der Waals surface area contributed by atoms with Crippen molar-refractivity contribution in [2.75, 3.05) is 14.2 Å². The second-order valence-corrected chi connectivity index (χ2v) is 7.60. The molecule has 4 aromatic rings. The number of ether oxygens (including phenoxy) is 2. The van der Waals surface area contributed by atoms with Crippen molar-refractivity contribution < 1.29 is 13.9 Å². The molecule has 0 saturated heterocycles. The fourth-order valence-corrected chi connectivity index (χ4v) is 4.21. The van der Waals surface area contributed by atoms with Gasteiger partial charge in [0.2, 0.25) is 0 Å². The molecule has 3 aromatic carbocycles. The van der Waals surface area contributed by atoms with E-state index in [0.29, 0.717) is 11.5 Å². The number of methoxy groups -OCH3 is 2. The summed E-state index contributed by atoms with van der Waals surface area (Å²) in [6.07, 6.45) is 1.78. The number of hydrogen-bond acceptors (Lipinski definition) is 4. The number of halogens is 1. The zero-order valence-electron chi connectivity index (χ0n) is 16.7. The van der Waals surface area contributed by atoms with E-state index in [1.165, 1.54) is 12.1 Å². The van der Waals surface area contributed by atoms with Crippen molar-refractivity contribution in [3.8, 4) is 28.4 Å². The Kier molecular flexibility index (Phi) is 6.05. The molecule has 1 heterocycles. The average Bonchev–Trinajstić information content (AvgIpc) is 3.28. The molecule has 0 N–H and O–H groups in total. The number of rotatable bonds is 7. The minimum Gasteiger partial charge on any atom is -0.496 e. The molecular weight excluding hydrogens is 399 g/mol. The van der Waals surface area contributed by atoms with Gasteiger partial charge in [-0.15, -0.1) is 11.8 Å². The standard InChI is InChI=1S/C24H21FN2O2S/c1-28-22-15-23(29-2)24(30-16-17-8-10-18(25)11-9-17)14-20(22)21-12-13-26-27(21)19-6-4-3-5-7-19/h3-15H,16H2,1-2H3. The van der Waals surface area contributed by atoms with Gasteiger partial charge in [0.15, 0.2) is 0 Å². The lowest BCUT2D eigenvalue weighted by molar-refractivity contribution is 0.388. The SMILES string of the molecule is COc1cc(OC)c(-c2ccnn2-c2ccccc2)cc1SCc1ccc(F)cc1. The molecule has 0 aliphatic heterocycles. The monoisotopic (exact) mass is 420 g/mol. The van der Waals surface area contributed by atoms with E-state index in [-0.39, 0.29) is 5.82 Å². The first kappa shape index (κ1) is 20.0. The van der Waals surface area contributed by atoms with E-state index in [2.05, 4.69) is 11.2 Å². The van der Waals surface area contributed by atoms with Gasteiger partial charge in [0.1, 0.15) is 17.3 Å². The van der Waals surface area contributed by atoms with Crippen LogP contribution in [-0.4, -0.2) is 24.0 Å². The molecule has 4 nitrogen and oxygen atoms in total. The molecule has 152 valence electrons. The highest BCUT2D eigenvalue weighted by Gasteiger charge is 2.17. The molecule has 6 heteroatoms. The molecular formula is C24H21FN2O2S. The molecule has 0 aliphatic rings. The molecule has 0 saturated carbocycles. The highest BCUT2D eigenvalue weighted by atomic mass is 32.2. The Morgan fingerprint density at radius 3 is 2.33 bits per heavy atom. The smallest absolute Gasteiger partial charge is 0.136 e. The van der Waals surface area contributed by atoms with E-state index in [0.717, 1.165) is 33.2 Å². The summed E-state index contributed by atoms with van der Waals surface area (Å²) in [5.41, 5.74) is 3.84. The Labute approximate surface area is 179 Å². The van der Waals surface area contributed by atoms with Gasteiger partial charge in [0.25, 0.3) is 0 Å². The van der Waals surface area contributed by atoms with Crippen molar-refractivity contribution in [1.82, 2.24) is 9.78 Å². The van der Waals surface area contributed by atoms with Crippen LogP contribution in [0.5, 0.6) is 11.5 Å². The van der Waals surface area contributed by atoms with Crippen LogP contribution in [0.3, 0.4) is 0 Å². The van der Waals surface area contributed by atoms with Crippen LogP contribution in [0.4, 0.5) is 4.39 Å². The molecule has 4 rings (SSSR count). The van der Waals surface area contributed by atoms with Crippen LogP contribution in [0.1, 0.15) is 5.56 Å². The Hall–Kier alpha value is -3.25. The number of benzene rings is 3. The predicted octanol–water partition coefficient (Wildman–Crippen LogP) is 5.99. The first-order valence-electron chi connectivity index (χ1n) is 9.42. The van der Waals surface area contributed by atoms with E-state index in [1.807, 2.05) is 47.1 Å². The van der Waals surface area contributed by atoms with Crippen LogP contribution < -0.4 is 9.47 Å². The van der Waals surface area contributed by atoms with Gasteiger partial charge in [-0.25, -0.2) is 9.07 Å². The zero-order valence-corrected chi connectivity index (χ0v) is 17.5. The van der Waals surface area contributed by atoms with E-state index in [9.17, 15) is 4.39 Å². The maximum atomic E-state index is 13.2. The molecule has 0 spiro atoms. The fraction of sp³-hybridized carbons (Fsp3) is 0.125. The van der Waals surface area contributed by atoms with Crippen LogP contribution in [0, 0.1) is 5.82 Å². The summed E-state index contributed by atoms with van der Waals surface area (Å²) in [6.45, 7) is 0. The third-order valence-corrected chi connectivity index (χ3v) is 5.82. The van der Waals surface area contributed by atoms with Crippen LogP contribution in [-0.2, 0) is 5.75 Å².